The number of thioether (sulfide) groups is 1. The molecule has 144 valence electrons. The van der Waals surface area contributed by atoms with Crippen molar-refractivity contribution in [3.63, 3.8) is 0 Å². The second kappa shape index (κ2) is 10.4. The third-order valence-corrected chi connectivity index (χ3v) is 4.44. The summed E-state index contributed by atoms with van der Waals surface area (Å²) in [7, 11) is 0. The van der Waals surface area contributed by atoms with E-state index in [9.17, 15) is 4.79 Å². The van der Waals surface area contributed by atoms with Gasteiger partial charge in [0.15, 0.2) is 16.8 Å². The number of carbonyl (C=O) groups excluding carboxylic acids is 1. The minimum atomic E-state index is 0.0167. The topological polar surface area (TPSA) is 142 Å². The maximum Gasteiger partial charge on any atom is 0.224 e. The molecule has 0 spiro atoms. The maximum absolute atomic E-state index is 10.8. The van der Waals surface area contributed by atoms with Gasteiger partial charge in [-0.1, -0.05) is 11.8 Å². The summed E-state index contributed by atoms with van der Waals surface area (Å²) in [5.74, 6) is 1.95. The molecule has 2 rings (SSSR count). The van der Waals surface area contributed by atoms with Crippen LogP contribution in [-0.2, 0) is 4.79 Å². The molecule has 0 amide bonds. The number of rotatable bonds is 9. The number of aromatic nitrogens is 2. The van der Waals surface area contributed by atoms with Crippen LogP contribution in [-0.4, -0.2) is 33.7 Å². The highest BCUT2D eigenvalue weighted by Crippen LogP contribution is 2.26. The van der Waals surface area contributed by atoms with E-state index in [0.717, 1.165) is 36.3 Å². The molecule has 0 aliphatic rings. The van der Waals surface area contributed by atoms with Gasteiger partial charge in [-0.3, -0.25) is 4.79 Å². The van der Waals surface area contributed by atoms with E-state index in [-0.39, 0.29) is 22.7 Å². The van der Waals surface area contributed by atoms with Crippen molar-refractivity contribution >= 4 is 46.4 Å². The van der Waals surface area contributed by atoms with E-state index in [4.69, 9.17) is 21.9 Å². The van der Waals surface area contributed by atoms with Gasteiger partial charge in [0.25, 0.3) is 0 Å². The Kier molecular flexibility index (Phi) is 7.87. The Morgan fingerprint density at radius 1 is 1.11 bits per heavy atom. The largest absolute Gasteiger partial charge is 0.494 e. The lowest BCUT2D eigenvalue weighted by Crippen LogP contribution is -2.03. The summed E-state index contributed by atoms with van der Waals surface area (Å²) < 4.78 is 5.71. The van der Waals surface area contributed by atoms with Crippen molar-refractivity contribution in [2.75, 3.05) is 29.6 Å². The molecule has 0 fully saturated rings. The van der Waals surface area contributed by atoms with E-state index in [1.54, 1.807) is 13.1 Å². The van der Waals surface area contributed by atoms with E-state index in [1.165, 1.54) is 11.8 Å². The number of unbranched alkanes of at least 4 members (excludes halogenated alkanes) is 2. The molecule has 0 aliphatic heterocycles. The molecule has 0 aliphatic carbocycles. The number of nitrogen functional groups attached to an aromatic ring is 3. The number of nitrogens with two attached hydrogens (primary N) is 3. The van der Waals surface area contributed by atoms with Crippen molar-refractivity contribution in [2.24, 2.45) is 4.99 Å². The number of anilines is 3. The number of hydrogen-bond donors (Lipinski definition) is 3. The van der Waals surface area contributed by atoms with Crippen LogP contribution in [0.25, 0.3) is 0 Å². The fourth-order valence-electron chi connectivity index (χ4n) is 2.22. The highest BCUT2D eigenvalue weighted by atomic mass is 32.2. The lowest BCUT2D eigenvalue weighted by atomic mass is 10.2. The van der Waals surface area contributed by atoms with E-state index in [1.807, 2.05) is 24.3 Å². The number of aliphatic imine (C=N–C) groups is 1. The first kappa shape index (κ1) is 20.5. The maximum atomic E-state index is 10.8. The summed E-state index contributed by atoms with van der Waals surface area (Å²) in [4.78, 5) is 22.7. The summed E-state index contributed by atoms with van der Waals surface area (Å²) >= 11 is 1.37. The molecular formula is C18H24N6O2S. The van der Waals surface area contributed by atoms with Gasteiger partial charge >= 0.3 is 0 Å². The van der Waals surface area contributed by atoms with Gasteiger partial charge in [0.1, 0.15) is 11.4 Å². The standard InChI is InChI=1S/C18H24N6O2S/c1-12(25)27-10-4-2-3-9-26-14-7-5-13(6-8-14)11-22-15-16(19)23-18(21)24-17(15)20/h5-8,11H,2-4,9-10H2,1H3,(H6,19,20,21,23,24). The third kappa shape index (κ3) is 7.14. The number of ether oxygens (including phenoxy) is 1. The lowest BCUT2D eigenvalue weighted by Gasteiger charge is -2.06. The van der Waals surface area contributed by atoms with Crippen LogP contribution in [0.5, 0.6) is 5.75 Å². The van der Waals surface area contributed by atoms with Crippen molar-refractivity contribution in [1.29, 1.82) is 0 Å². The normalized spacial score (nSPS) is 11.0. The average molecular weight is 388 g/mol. The van der Waals surface area contributed by atoms with Crippen LogP contribution in [0.3, 0.4) is 0 Å². The lowest BCUT2D eigenvalue weighted by molar-refractivity contribution is -0.109. The summed E-state index contributed by atoms with van der Waals surface area (Å²) in [6, 6.07) is 7.51. The molecule has 0 saturated heterocycles. The molecule has 1 heterocycles. The summed E-state index contributed by atoms with van der Waals surface area (Å²) in [5.41, 5.74) is 18.2. The Hall–Kier alpha value is -2.81. The molecule has 0 radical (unpaired) electrons. The molecule has 0 unspecified atom stereocenters. The molecule has 1 aromatic heterocycles. The number of nitrogens with zero attached hydrogens (tertiary/aromatic N) is 3. The highest BCUT2D eigenvalue weighted by molar-refractivity contribution is 8.13. The minimum Gasteiger partial charge on any atom is -0.494 e. The zero-order valence-electron chi connectivity index (χ0n) is 15.2. The van der Waals surface area contributed by atoms with Crippen LogP contribution < -0.4 is 21.9 Å². The van der Waals surface area contributed by atoms with E-state index >= 15 is 0 Å². The second-order valence-corrected chi connectivity index (χ2v) is 7.05. The Morgan fingerprint density at radius 2 is 1.78 bits per heavy atom. The smallest absolute Gasteiger partial charge is 0.224 e. The molecule has 0 bridgehead atoms. The quantitative estimate of drug-likeness (QED) is 0.439. The summed E-state index contributed by atoms with van der Waals surface area (Å²) in [6.07, 6.45) is 4.64. The predicted molar refractivity (Wildman–Crippen MR) is 111 cm³/mol. The molecule has 0 saturated carbocycles. The minimum absolute atomic E-state index is 0.0167. The third-order valence-electron chi connectivity index (χ3n) is 3.54. The number of hydrogen-bond acceptors (Lipinski definition) is 9. The summed E-state index contributed by atoms with van der Waals surface area (Å²) in [6.45, 7) is 2.24. The van der Waals surface area contributed by atoms with E-state index in [0.29, 0.717) is 12.3 Å². The van der Waals surface area contributed by atoms with Crippen LogP contribution in [0.15, 0.2) is 29.3 Å². The molecular weight excluding hydrogens is 364 g/mol. The predicted octanol–water partition coefficient (Wildman–Crippen LogP) is 2.80. The zero-order valence-corrected chi connectivity index (χ0v) is 16.0. The molecule has 9 heteroatoms. The van der Waals surface area contributed by atoms with Crippen molar-refractivity contribution in [3.05, 3.63) is 29.8 Å². The molecule has 8 nitrogen and oxygen atoms in total. The van der Waals surface area contributed by atoms with Crippen molar-refractivity contribution < 1.29 is 9.53 Å². The number of benzene rings is 1. The van der Waals surface area contributed by atoms with Gasteiger partial charge in [0.05, 0.1) is 6.61 Å². The van der Waals surface area contributed by atoms with Gasteiger partial charge in [-0.15, -0.1) is 0 Å². The van der Waals surface area contributed by atoms with Gasteiger partial charge in [0, 0.05) is 18.9 Å². The Balaban J connectivity index is 1.79. The fraction of sp³-hybridized carbons (Fsp3) is 0.333. The molecule has 2 aromatic rings. The van der Waals surface area contributed by atoms with Crippen LogP contribution in [0.4, 0.5) is 23.3 Å². The molecule has 0 atom stereocenters. The van der Waals surface area contributed by atoms with Crippen LogP contribution in [0.1, 0.15) is 31.7 Å². The Labute approximate surface area is 162 Å². The number of carbonyl (C=O) groups is 1. The first-order valence-electron chi connectivity index (χ1n) is 8.54. The Bertz CT molecular complexity index is 772. The molecule has 27 heavy (non-hydrogen) atoms. The fourth-order valence-corrected chi connectivity index (χ4v) is 2.85. The summed E-state index contributed by atoms with van der Waals surface area (Å²) in [5, 5.41) is 0.171. The van der Waals surface area contributed by atoms with Crippen LogP contribution >= 0.6 is 11.8 Å². The van der Waals surface area contributed by atoms with E-state index < -0.39 is 0 Å². The van der Waals surface area contributed by atoms with Crippen LogP contribution in [0, 0.1) is 0 Å². The zero-order chi connectivity index (χ0) is 19.6. The van der Waals surface area contributed by atoms with Crippen molar-refractivity contribution in [1.82, 2.24) is 9.97 Å². The van der Waals surface area contributed by atoms with Gasteiger partial charge in [0.2, 0.25) is 5.95 Å². The van der Waals surface area contributed by atoms with Crippen LogP contribution in [0.2, 0.25) is 0 Å². The molecule has 1 aromatic carbocycles. The van der Waals surface area contributed by atoms with Gasteiger partial charge in [-0.2, -0.15) is 9.97 Å². The van der Waals surface area contributed by atoms with Crippen molar-refractivity contribution in [2.45, 2.75) is 26.2 Å². The molecule has 6 N–H and O–H groups in total. The second-order valence-electron chi connectivity index (χ2n) is 5.78. The highest BCUT2D eigenvalue weighted by Gasteiger charge is 2.06. The monoisotopic (exact) mass is 388 g/mol. The van der Waals surface area contributed by atoms with Gasteiger partial charge in [-0.05, 0) is 49.1 Å². The van der Waals surface area contributed by atoms with Gasteiger partial charge < -0.3 is 21.9 Å². The first-order valence-corrected chi connectivity index (χ1v) is 9.53. The first-order chi connectivity index (χ1) is 13.0. The van der Waals surface area contributed by atoms with Gasteiger partial charge in [-0.25, -0.2) is 4.99 Å². The SMILES string of the molecule is CC(=O)SCCCCCOc1ccc(C=Nc2c(N)nc(N)nc2N)cc1. The Morgan fingerprint density at radius 3 is 2.41 bits per heavy atom. The average Bonchev–Trinajstić information content (AvgIpc) is 2.61. The van der Waals surface area contributed by atoms with E-state index in [2.05, 4.69) is 15.0 Å². The van der Waals surface area contributed by atoms with Crippen molar-refractivity contribution in [3.8, 4) is 5.75 Å².